The van der Waals surface area contributed by atoms with E-state index in [1.807, 2.05) is 29.2 Å². The van der Waals surface area contributed by atoms with Gasteiger partial charge in [-0.05, 0) is 31.4 Å². The summed E-state index contributed by atoms with van der Waals surface area (Å²) in [6, 6.07) is 8.05. The van der Waals surface area contributed by atoms with Crippen LogP contribution >= 0.6 is 0 Å². The lowest BCUT2D eigenvalue weighted by molar-refractivity contribution is -0.140. The normalized spacial score (nSPS) is 25.5. The number of imidazole rings is 1. The van der Waals surface area contributed by atoms with Crippen LogP contribution in [0, 0.1) is 5.92 Å². The maximum atomic E-state index is 12.5. The van der Waals surface area contributed by atoms with E-state index in [1.54, 1.807) is 0 Å². The topological polar surface area (TPSA) is 72.5 Å². The van der Waals surface area contributed by atoms with E-state index in [2.05, 4.69) is 14.9 Å². The Morgan fingerprint density at radius 2 is 2.00 bits per heavy atom. The summed E-state index contributed by atoms with van der Waals surface area (Å²) in [5.41, 5.74) is 2.06. The largest absolute Gasteiger partial charge is 0.392 e. The van der Waals surface area contributed by atoms with E-state index < -0.39 is 6.10 Å². The fourth-order valence-corrected chi connectivity index (χ4v) is 3.88. The molecule has 1 aliphatic heterocycles. The molecule has 2 fully saturated rings. The van der Waals surface area contributed by atoms with Gasteiger partial charge in [0.15, 0.2) is 0 Å². The van der Waals surface area contributed by atoms with E-state index in [9.17, 15) is 9.90 Å². The first-order chi connectivity index (χ1) is 11.7. The van der Waals surface area contributed by atoms with Crippen molar-refractivity contribution in [2.75, 3.05) is 26.2 Å². The van der Waals surface area contributed by atoms with Gasteiger partial charge in [-0.1, -0.05) is 12.1 Å². The van der Waals surface area contributed by atoms with Crippen LogP contribution in [0.4, 0.5) is 0 Å². The molecule has 0 bridgehead atoms. The van der Waals surface area contributed by atoms with Gasteiger partial charge in [-0.3, -0.25) is 9.69 Å². The second-order valence-corrected chi connectivity index (χ2v) is 6.91. The molecule has 128 valence electrons. The van der Waals surface area contributed by atoms with Gasteiger partial charge in [0.25, 0.3) is 0 Å². The predicted molar refractivity (Wildman–Crippen MR) is 91.3 cm³/mol. The summed E-state index contributed by atoms with van der Waals surface area (Å²) in [7, 11) is 0. The van der Waals surface area contributed by atoms with Gasteiger partial charge in [-0.25, -0.2) is 4.98 Å². The lowest BCUT2D eigenvalue weighted by atomic mass is 10.0. The molecule has 1 aliphatic carbocycles. The second kappa shape index (κ2) is 6.53. The Morgan fingerprint density at radius 1 is 1.21 bits per heavy atom. The molecule has 24 heavy (non-hydrogen) atoms. The number of rotatable bonds is 3. The lowest BCUT2D eigenvalue weighted by Gasteiger charge is -2.36. The third kappa shape index (κ3) is 3.03. The summed E-state index contributed by atoms with van der Waals surface area (Å²) in [6.45, 7) is 3.96. The molecule has 1 aromatic heterocycles. The number of para-hydroxylation sites is 2. The number of carbonyl (C=O) groups excluding carboxylic acids is 1. The van der Waals surface area contributed by atoms with Crippen molar-refractivity contribution < 1.29 is 9.90 Å². The van der Waals surface area contributed by atoms with Crippen molar-refractivity contribution in [2.24, 2.45) is 5.92 Å². The summed E-state index contributed by atoms with van der Waals surface area (Å²) in [5.74, 6) is 0.942. The Hall–Kier alpha value is -1.92. The first-order valence-electron chi connectivity index (χ1n) is 8.83. The van der Waals surface area contributed by atoms with Gasteiger partial charge >= 0.3 is 0 Å². The molecule has 2 N–H and O–H groups in total. The molecule has 4 rings (SSSR count). The van der Waals surface area contributed by atoms with Gasteiger partial charge < -0.3 is 15.0 Å². The Kier molecular flexibility index (Phi) is 4.24. The van der Waals surface area contributed by atoms with Gasteiger partial charge in [0.05, 0.1) is 29.6 Å². The van der Waals surface area contributed by atoms with Gasteiger partial charge in [-0.15, -0.1) is 0 Å². The van der Waals surface area contributed by atoms with Crippen LogP contribution in [-0.4, -0.2) is 63.1 Å². The zero-order chi connectivity index (χ0) is 16.5. The maximum absolute atomic E-state index is 12.5. The average Bonchev–Trinajstić information content (AvgIpc) is 3.20. The van der Waals surface area contributed by atoms with Crippen LogP contribution in [0.3, 0.4) is 0 Å². The SMILES string of the molecule is O=C(C1CCCC1O)N1CCN(Cc2nc3ccccc3[nH]2)CC1. The van der Waals surface area contributed by atoms with E-state index in [-0.39, 0.29) is 11.8 Å². The van der Waals surface area contributed by atoms with Crippen LogP contribution in [0.25, 0.3) is 11.0 Å². The highest BCUT2D eigenvalue weighted by Gasteiger charge is 2.35. The number of H-pyrrole nitrogens is 1. The molecule has 6 nitrogen and oxygen atoms in total. The number of nitrogens with zero attached hydrogens (tertiary/aromatic N) is 3. The van der Waals surface area contributed by atoms with Crippen LogP contribution in [0.15, 0.2) is 24.3 Å². The molecule has 1 amide bonds. The molecule has 2 heterocycles. The number of fused-ring (bicyclic) bond motifs is 1. The molecule has 2 aromatic rings. The van der Waals surface area contributed by atoms with E-state index in [1.165, 1.54) is 0 Å². The van der Waals surface area contributed by atoms with Crippen LogP contribution in [0.2, 0.25) is 0 Å². The Balaban J connectivity index is 1.33. The van der Waals surface area contributed by atoms with Gasteiger partial charge in [0.2, 0.25) is 5.91 Å². The monoisotopic (exact) mass is 328 g/mol. The summed E-state index contributed by atoms with van der Waals surface area (Å²) in [5, 5.41) is 9.94. The van der Waals surface area contributed by atoms with Crippen molar-refractivity contribution in [1.29, 1.82) is 0 Å². The van der Waals surface area contributed by atoms with Crippen molar-refractivity contribution in [3.63, 3.8) is 0 Å². The Labute approximate surface area is 141 Å². The molecule has 1 aromatic carbocycles. The van der Waals surface area contributed by atoms with Crippen LogP contribution in [0.5, 0.6) is 0 Å². The zero-order valence-electron chi connectivity index (χ0n) is 13.8. The zero-order valence-corrected chi connectivity index (χ0v) is 13.8. The van der Waals surface area contributed by atoms with Crippen LogP contribution in [0.1, 0.15) is 25.1 Å². The number of hydrogen-bond donors (Lipinski definition) is 2. The average molecular weight is 328 g/mol. The number of amides is 1. The van der Waals surface area contributed by atoms with Crippen molar-refractivity contribution in [1.82, 2.24) is 19.8 Å². The predicted octanol–water partition coefficient (Wildman–Crippen LogP) is 1.37. The third-order valence-electron chi connectivity index (χ3n) is 5.29. The van der Waals surface area contributed by atoms with E-state index in [0.717, 1.165) is 68.8 Å². The molecular formula is C18H24N4O2. The van der Waals surface area contributed by atoms with Gasteiger partial charge in [0, 0.05) is 26.2 Å². The fourth-order valence-electron chi connectivity index (χ4n) is 3.88. The van der Waals surface area contributed by atoms with E-state index >= 15 is 0 Å². The number of aromatic nitrogens is 2. The van der Waals surface area contributed by atoms with E-state index in [4.69, 9.17) is 0 Å². The van der Waals surface area contributed by atoms with Crippen LogP contribution in [-0.2, 0) is 11.3 Å². The summed E-state index contributed by atoms with van der Waals surface area (Å²) >= 11 is 0. The van der Waals surface area contributed by atoms with Crippen LogP contribution < -0.4 is 0 Å². The molecule has 2 unspecified atom stereocenters. The highest BCUT2D eigenvalue weighted by atomic mass is 16.3. The highest BCUT2D eigenvalue weighted by Crippen LogP contribution is 2.27. The smallest absolute Gasteiger partial charge is 0.228 e. The molecule has 1 saturated heterocycles. The number of nitrogens with one attached hydrogen (secondary N) is 1. The van der Waals surface area contributed by atoms with Crippen molar-refractivity contribution in [2.45, 2.75) is 31.9 Å². The first-order valence-corrected chi connectivity index (χ1v) is 8.83. The van der Waals surface area contributed by atoms with Gasteiger partial charge in [0.1, 0.15) is 5.82 Å². The minimum absolute atomic E-state index is 0.142. The highest BCUT2D eigenvalue weighted by molar-refractivity contribution is 5.80. The number of aliphatic hydroxyl groups excluding tert-OH is 1. The second-order valence-electron chi connectivity index (χ2n) is 6.91. The molecule has 0 radical (unpaired) electrons. The quantitative estimate of drug-likeness (QED) is 0.892. The third-order valence-corrected chi connectivity index (χ3v) is 5.29. The molecular weight excluding hydrogens is 304 g/mol. The van der Waals surface area contributed by atoms with Crippen molar-refractivity contribution in [3.05, 3.63) is 30.1 Å². The summed E-state index contributed by atoms with van der Waals surface area (Å²) in [6.07, 6.45) is 2.12. The van der Waals surface area contributed by atoms with E-state index in [0.29, 0.717) is 0 Å². The van der Waals surface area contributed by atoms with Crippen molar-refractivity contribution >= 4 is 16.9 Å². The number of piperazine rings is 1. The molecule has 1 saturated carbocycles. The number of aliphatic hydroxyl groups is 1. The standard InChI is InChI=1S/C18H24N4O2/c23-16-7-3-4-13(16)18(24)22-10-8-21(9-11-22)12-17-19-14-5-1-2-6-15(14)20-17/h1-2,5-6,13,16,23H,3-4,7-12H2,(H,19,20). The minimum Gasteiger partial charge on any atom is -0.392 e. The Morgan fingerprint density at radius 3 is 2.71 bits per heavy atom. The fraction of sp³-hybridized carbons (Fsp3) is 0.556. The van der Waals surface area contributed by atoms with Crippen molar-refractivity contribution in [3.8, 4) is 0 Å². The lowest BCUT2D eigenvalue weighted by Crippen LogP contribution is -2.50. The van der Waals surface area contributed by atoms with Gasteiger partial charge in [-0.2, -0.15) is 0 Å². The number of benzene rings is 1. The number of hydrogen-bond acceptors (Lipinski definition) is 4. The first kappa shape index (κ1) is 15.6. The summed E-state index contributed by atoms with van der Waals surface area (Å²) in [4.78, 5) is 24.8. The summed E-state index contributed by atoms with van der Waals surface area (Å²) < 4.78 is 0. The molecule has 6 heteroatoms. The maximum Gasteiger partial charge on any atom is 0.228 e. The molecule has 2 atom stereocenters. The Bertz CT molecular complexity index is 688. The minimum atomic E-state index is -0.439. The molecule has 0 spiro atoms. The number of aromatic amines is 1. The number of carbonyl (C=O) groups is 1. The molecule has 2 aliphatic rings.